The molecule has 270 valence electrons. The summed E-state index contributed by atoms with van der Waals surface area (Å²) in [5.41, 5.74) is 12.6. The van der Waals surface area contributed by atoms with Crippen molar-refractivity contribution < 1.29 is 8.83 Å². The maximum absolute atomic E-state index is 6.79. The molecule has 4 heterocycles. The largest absolute Gasteiger partial charge is 0.456 e. The molecule has 0 spiro atoms. The quantitative estimate of drug-likeness (QED) is 0.191. The van der Waals surface area contributed by atoms with Crippen LogP contribution in [0.4, 0.5) is 0 Å². The molecular weight excluding hydrogens is 701 g/mol. The Morgan fingerprint density at radius 3 is 2.05 bits per heavy atom. The van der Waals surface area contributed by atoms with Gasteiger partial charge in [-0.1, -0.05) is 127 Å². The summed E-state index contributed by atoms with van der Waals surface area (Å²) in [6.45, 7) is 0. The number of fused-ring (bicyclic) bond motifs is 9. The van der Waals surface area contributed by atoms with Crippen LogP contribution in [0.2, 0.25) is 0 Å². The molecule has 0 radical (unpaired) electrons. The van der Waals surface area contributed by atoms with Gasteiger partial charge in [-0.2, -0.15) is 0 Å². The van der Waals surface area contributed by atoms with Crippen molar-refractivity contribution in [2.45, 2.75) is 19.0 Å². The summed E-state index contributed by atoms with van der Waals surface area (Å²) < 4.78 is 15.7. The Bertz CT molecular complexity index is 3270. The number of nitrogens with zero attached hydrogens (tertiary/aromatic N) is 3. The summed E-state index contributed by atoms with van der Waals surface area (Å²) in [6, 6.07) is 57.1. The predicted molar refractivity (Wildman–Crippen MR) is 232 cm³/mol. The molecular formula is C51H34N4O2. The van der Waals surface area contributed by atoms with E-state index in [2.05, 4.69) is 143 Å². The number of allylic oxidation sites excluding steroid dienone is 1. The second-order valence-electron chi connectivity index (χ2n) is 14.8. The maximum atomic E-state index is 6.79. The van der Waals surface area contributed by atoms with Gasteiger partial charge in [-0.3, -0.25) is 0 Å². The minimum Gasteiger partial charge on any atom is -0.456 e. The lowest BCUT2D eigenvalue weighted by molar-refractivity contribution is 0.585. The van der Waals surface area contributed by atoms with Gasteiger partial charge < -0.3 is 18.7 Å². The van der Waals surface area contributed by atoms with E-state index in [1.165, 1.54) is 27.4 Å². The van der Waals surface area contributed by atoms with Crippen molar-refractivity contribution >= 4 is 72.1 Å². The number of rotatable bonds is 5. The third-order valence-electron chi connectivity index (χ3n) is 11.5. The van der Waals surface area contributed by atoms with Crippen LogP contribution >= 0.6 is 0 Å². The summed E-state index contributed by atoms with van der Waals surface area (Å²) in [5, 5.41) is 9.40. The third-order valence-corrected chi connectivity index (χ3v) is 11.5. The van der Waals surface area contributed by atoms with E-state index in [0.29, 0.717) is 5.84 Å². The van der Waals surface area contributed by atoms with Crippen molar-refractivity contribution in [3.05, 3.63) is 198 Å². The van der Waals surface area contributed by atoms with Crippen molar-refractivity contribution in [2.75, 3.05) is 0 Å². The van der Waals surface area contributed by atoms with E-state index in [1.54, 1.807) is 0 Å². The molecule has 0 saturated heterocycles. The van der Waals surface area contributed by atoms with Gasteiger partial charge in [0.2, 0.25) is 0 Å². The van der Waals surface area contributed by atoms with E-state index in [1.807, 2.05) is 36.4 Å². The number of furan rings is 2. The highest BCUT2D eigenvalue weighted by Crippen LogP contribution is 2.43. The Morgan fingerprint density at radius 1 is 0.561 bits per heavy atom. The summed E-state index contributed by atoms with van der Waals surface area (Å²) in [4.78, 5) is 10.1. The van der Waals surface area contributed by atoms with Gasteiger partial charge in [0.1, 0.15) is 28.8 Å². The fourth-order valence-electron chi connectivity index (χ4n) is 8.93. The van der Waals surface area contributed by atoms with Gasteiger partial charge in [0.25, 0.3) is 0 Å². The first kappa shape index (κ1) is 31.9. The van der Waals surface area contributed by atoms with E-state index < -0.39 is 0 Å². The Kier molecular flexibility index (Phi) is 7.01. The Balaban J connectivity index is 0.975. The lowest BCUT2D eigenvalue weighted by Crippen LogP contribution is -2.33. The average Bonchev–Trinajstić information content (AvgIpc) is 3.96. The fraction of sp³-hybridized carbons (Fsp3) is 0.0588. The van der Waals surface area contributed by atoms with Gasteiger partial charge in [-0.15, -0.1) is 0 Å². The molecule has 0 saturated carbocycles. The molecule has 1 aliphatic carbocycles. The SMILES string of the molecule is C1=C(n2c3ccccc3c3ccccc32)c2oc3ccc(-c4cccc5oc6ccc(C7N=C(c8ccccc8)N=C(c8ccccc8)N7)cc6c45)cc3c2CC1. The number of nitrogens with one attached hydrogen (secondary N) is 1. The number of para-hydroxylation sites is 2. The number of aliphatic imine (C=N–C) groups is 2. The molecule has 2 aliphatic rings. The summed E-state index contributed by atoms with van der Waals surface area (Å²) in [5.74, 6) is 2.44. The smallest absolute Gasteiger partial charge is 0.159 e. The first-order chi connectivity index (χ1) is 28.2. The van der Waals surface area contributed by atoms with E-state index in [0.717, 1.165) is 90.9 Å². The molecule has 6 nitrogen and oxygen atoms in total. The van der Waals surface area contributed by atoms with Crippen LogP contribution in [0.3, 0.4) is 0 Å². The molecule has 10 aromatic rings. The van der Waals surface area contributed by atoms with Crippen LogP contribution in [0.5, 0.6) is 0 Å². The average molecular weight is 735 g/mol. The van der Waals surface area contributed by atoms with Crippen LogP contribution in [-0.2, 0) is 6.42 Å². The lowest BCUT2D eigenvalue weighted by Gasteiger charge is -2.23. The second-order valence-corrected chi connectivity index (χ2v) is 14.8. The molecule has 3 aromatic heterocycles. The lowest BCUT2D eigenvalue weighted by atomic mass is 9.94. The number of amidine groups is 2. The highest BCUT2D eigenvalue weighted by Gasteiger charge is 2.26. The van der Waals surface area contributed by atoms with E-state index in [9.17, 15) is 0 Å². The second kappa shape index (κ2) is 12.5. The van der Waals surface area contributed by atoms with Crippen molar-refractivity contribution in [3.8, 4) is 11.1 Å². The van der Waals surface area contributed by atoms with Crippen LogP contribution in [0.1, 0.15) is 40.6 Å². The number of aryl methyl sites for hydroxylation is 1. The zero-order valence-corrected chi connectivity index (χ0v) is 30.8. The zero-order chi connectivity index (χ0) is 37.5. The zero-order valence-electron chi connectivity index (χ0n) is 30.8. The summed E-state index contributed by atoms with van der Waals surface area (Å²) >= 11 is 0. The third kappa shape index (κ3) is 5.04. The van der Waals surface area contributed by atoms with E-state index in [4.69, 9.17) is 18.8 Å². The molecule has 0 amide bonds. The van der Waals surface area contributed by atoms with Crippen LogP contribution in [-0.4, -0.2) is 16.2 Å². The van der Waals surface area contributed by atoms with Crippen LogP contribution < -0.4 is 5.32 Å². The molecule has 1 atom stereocenters. The Morgan fingerprint density at radius 2 is 1.26 bits per heavy atom. The molecule has 0 bridgehead atoms. The van der Waals surface area contributed by atoms with E-state index in [-0.39, 0.29) is 6.17 Å². The first-order valence-corrected chi connectivity index (χ1v) is 19.5. The Hall–Kier alpha value is -7.44. The topological polar surface area (TPSA) is 68.0 Å². The van der Waals surface area contributed by atoms with Crippen molar-refractivity contribution in [3.63, 3.8) is 0 Å². The molecule has 1 aliphatic heterocycles. The fourth-order valence-corrected chi connectivity index (χ4v) is 8.93. The Labute approximate surface area is 327 Å². The van der Waals surface area contributed by atoms with Gasteiger partial charge in [0.05, 0.1) is 16.7 Å². The number of benzene rings is 7. The molecule has 0 fully saturated rings. The highest BCUT2D eigenvalue weighted by molar-refractivity contribution is 6.15. The van der Waals surface area contributed by atoms with Crippen molar-refractivity contribution in [2.24, 2.45) is 9.98 Å². The van der Waals surface area contributed by atoms with E-state index >= 15 is 0 Å². The maximum Gasteiger partial charge on any atom is 0.159 e. The van der Waals surface area contributed by atoms with Crippen molar-refractivity contribution in [1.29, 1.82) is 0 Å². The van der Waals surface area contributed by atoms with Crippen LogP contribution in [0.15, 0.2) is 189 Å². The minimum absolute atomic E-state index is 0.347. The number of hydrogen-bond donors (Lipinski definition) is 1. The van der Waals surface area contributed by atoms with Gasteiger partial charge in [-0.05, 0) is 72.0 Å². The van der Waals surface area contributed by atoms with Gasteiger partial charge in [-0.25, -0.2) is 9.98 Å². The first-order valence-electron chi connectivity index (χ1n) is 19.5. The standard InChI is InChI=1S/C51H34N4O2/c1-3-13-31(14-4-1)49-52-50(32-15-5-2-6-16-32)54-51(53-49)34-26-28-45-40(30-34)47-35(19-12-24-46(47)56-45)33-25-27-44-39(29-33)38-20-11-23-43(48(38)57-44)55-41-21-9-7-17-36(41)37-18-8-10-22-42(37)55/h1-10,12-19,21-30,51H,11,20H2,(H,52,53,54). The summed E-state index contributed by atoms with van der Waals surface area (Å²) in [6.07, 6.45) is 3.85. The normalized spacial score (nSPS) is 15.5. The van der Waals surface area contributed by atoms with Crippen LogP contribution in [0.25, 0.3) is 71.5 Å². The van der Waals surface area contributed by atoms with Gasteiger partial charge in [0.15, 0.2) is 11.6 Å². The molecule has 1 N–H and O–H groups in total. The summed E-state index contributed by atoms with van der Waals surface area (Å²) in [7, 11) is 0. The van der Waals surface area contributed by atoms with Crippen LogP contribution in [0, 0.1) is 0 Å². The molecule has 12 rings (SSSR count). The monoisotopic (exact) mass is 734 g/mol. The van der Waals surface area contributed by atoms with Gasteiger partial charge in [0, 0.05) is 43.6 Å². The highest BCUT2D eigenvalue weighted by atomic mass is 16.3. The van der Waals surface area contributed by atoms with Gasteiger partial charge >= 0.3 is 0 Å². The molecule has 7 aromatic carbocycles. The molecule has 6 heteroatoms. The predicted octanol–water partition coefficient (Wildman–Crippen LogP) is 12.4. The van der Waals surface area contributed by atoms with Crippen molar-refractivity contribution in [1.82, 2.24) is 9.88 Å². The number of aromatic nitrogens is 1. The molecule has 57 heavy (non-hydrogen) atoms. The minimum atomic E-state index is -0.347. The molecule has 1 unspecified atom stereocenters. The number of hydrogen-bond acceptors (Lipinski definition) is 5.